The minimum Gasteiger partial charge on any atom is -0.313 e. The van der Waals surface area contributed by atoms with Crippen molar-refractivity contribution in [2.24, 2.45) is 0 Å². The van der Waals surface area contributed by atoms with Crippen molar-refractivity contribution < 1.29 is 0 Å². The van der Waals surface area contributed by atoms with Gasteiger partial charge in [0.2, 0.25) is 0 Å². The van der Waals surface area contributed by atoms with Crippen LogP contribution in [0.2, 0.25) is 0 Å². The predicted octanol–water partition coefficient (Wildman–Crippen LogP) is 1.58. The third kappa shape index (κ3) is 1.65. The molecule has 52 valence electrons. The topological polar surface area (TPSA) is 36.7 Å². The smallest absolute Gasteiger partial charge is 0.0459 e. The molecular weight excluding hydrogens is 124 g/mol. The number of hydrogen-bond acceptors (Lipinski definition) is 2. The first kappa shape index (κ1) is 6.93. The van der Waals surface area contributed by atoms with Crippen molar-refractivity contribution in [1.82, 2.24) is 4.98 Å². The summed E-state index contributed by atoms with van der Waals surface area (Å²) in [5, 5.41) is 6.85. The molecule has 0 saturated carbocycles. The van der Waals surface area contributed by atoms with Gasteiger partial charge in [-0.15, -0.1) is 0 Å². The summed E-state index contributed by atoms with van der Waals surface area (Å²) in [6.07, 6.45) is 2.00. The molecule has 0 fully saturated rings. The summed E-state index contributed by atoms with van der Waals surface area (Å²) in [4.78, 5) is 4.21. The normalized spacial score (nSPS) is 9.30. The molecule has 10 heavy (non-hydrogen) atoms. The highest BCUT2D eigenvalue weighted by Crippen LogP contribution is 1.96. The van der Waals surface area contributed by atoms with Crippen molar-refractivity contribution in [3.63, 3.8) is 0 Å². The number of pyridine rings is 1. The monoisotopic (exact) mass is 134 g/mol. The second-order valence-electron chi connectivity index (χ2n) is 2.18. The van der Waals surface area contributed by atoms with Gasteiger partial charge in [0.15, 0.2) is 0 Å². The molecule has 2 heteroatoms. The van der Waals surface area contributed by atoms with Crippen molar-refractivity contribution in [1.29, 1.82) is 5.41 Å². The van der Waals surface area contributed by atoms with E-state index >= 15 is 0 Å². The molecule has 0 aliphatic carbocycles. The lowest BCUT2D eigenvalue weighted by molar-refractivity contribution is 1.09. The number of nitrogens with one attached hydrogen (secondary N) is 1. The van der Waals surface area contributed by atoms with E-state index in [9.17, 15) is 0 Å². The van der Waals surface area contributed by atoms with E-state index in [1.165, 1.54) is 6.21 Å². The van der Waals surface area contributed by atoms with E-state index in [1.54, 1.807) is 0 Å². The fourth-order valence-corrected chi connectivity index (χ4v) is 0.818. The fraction of sp³-hybridized carbons (Fsp3) is 0.250. The third-order valence-corrected chi connectivity index (χ3v) is 1.26. The molecule has 0 radical (unpaired) electrons. The van der Waals surface area contributed by atoms with Gasteiger partial charge in [0.25, 0.3) is 0 Å². The Morgan fingerprint density at radius 3 is 3.00 bits per heavy atom. The van der Waals surface area contributed by atoms with Crippen LogP contribution in [-0.4, -0.2) is 11.2 Å². The maximum absolute atomic E-state index is 6.85. The summed E-state index contributed by atoms with van der Waals surface area (Å²) in [5.74, 6) is 0. The summed E-state index contributed by atoms with van der Waals surface area (Å²) in [6.45, 7) is 1.95. The van der Waals surface area contributed by atoms with E-state index in [4.69, 9.17) is 5.41 Å². The van der Waals surface area contributed by atoms with Crippen LogP contribution in [-0.2, 0) is 6.42 Å². The third-order valence-electron chi connectivity index (χ3n) is 1.26. The SMILES string of the molecule is Cc1cccc(CC=N)n1. The quantitative estimate of drug-likeness (QED) is 0.612. The van der Waals surface area contributed by atoms with Gasteiger partial charge in [-0.1, -0.05) is 6.07 Å². The molecule has 0 saturated heterocycles. The average molecular weight is 134 g/mol. The van der Waals surface area contributed by atoms with E-state index in [-0.39, 0.29) is 0 Å². The standard InChI is InChI=1S/C8H10N2/c1-7-3-2-4-8(10-7)5-6-9/h2-4,6,9H,5H2,1H3. The summed E-state index contributed by atoms with van der Waals surface area (Å²) in [5.41, 5.74) is 1.98. The van der Waals surface area contributed by atoms with Gasteiger partial charge in [0.1, 0.15) is 0 Å². The van der Waals surface area contributed by atoms with Crippen LogP contribution in [0.5, 0.6) is 0 Å². The Hall–Kier alpha value is -1.18. The first-order chi connectivity index (χ1) is 4.83. The molecule has 0 unspecified atom stereocenters. The Bertz CT molecular complexity index is 230. The largest absolute Gasteiger partial charge is 0.313 e. The lowest BCUT2D eigenvalue weighted by Crippen LogP contribution is -1.91. The molecule has 1 aromatic rings. The number of aromatic nitrogens is 1. The Kier molecular flexibility index (Phi) is 2.15. The molecule has 0 atom stereocenters. The summed E-state index contributed by atoms with van der Waals surface area (Å²) >= 11 is 0. The first-order valence-electron chi connectivity index (χ1n) is 3.24. The molecule has 1 aromatic heterocycles. The zero-order chi connectivity index (χ0) is 7.40. The van der Waals surface area contributed by atoms with Crippen molar-refractivity contribution in [2.75, 3.05) is 0 Å². The molecule has 0 amide bonds. The van der Waals surface area contributed by atoms with Crippen molar-refractivity contribution in [2.45, 2.75) is 13.3 Å². The van der Waals surface area contributed by atoms with Crippen molar-refractivity contribution >= 4 is 6.21 Å². The lowest BCUT2D eigenvalue weighted by atomic mass is 10.2. The van der Waals surface area contributed by atoms with Crippen LogP contribution in [0.15, 0.2) is 18.2 Å². The van der Waals surface area contributed by atoms with Crippen LogP contribution in [0, 0.1) is 12.3 Å². The van der Waals surface area contributed by atoms with Gasteiger partial charge in [0, 0.05) is 24.0 Å². The van der Waals surface area contributed by atoms with E-state index in [2.05, 4.69) is 4.98 Å². The highest BCUT2D eigenvalue weighted by molar-refractivity contribution is 5.56. The summed E-state index contributed by atoms with van der Waals surface area (Å²) in [7, 11) is 0. The second-order valence-corrected chi connectivity index (χ2v) is 2.18. The van der Waals surface area contributed by atoms with Gasteiger partial charge in [-0.25, -0.2) is 0 Å². The van der Waals surface area contributed by atoms with Gasteiger partial charge in [0.05, 0.1) is 0 Å². The van der Waals surface area contributed by atoms with Gasteiger partial charge < -0.3 is 5.41 Å². The zero-order valence-electron chi connectivity index (χ0n) is 5.96. The lowest BCUT2D eigenvalue weighted by Gasteiger charge is -1.94. The first-order valence-corrected chi connectivity index (χ1v) is 3.24. The molecule has 0 bridgehead atoms. The maximum Gasteiger partial charge on any atom is 0.0459 e. The minimum atomic E-state index is 0.641. The molecule has 0 aliphatic rings. The van der Waals surface area contributed by atoms with Crippen LogP contribution in [0.4, 0.5) is 0 Å². The van der Waals surface area contributed by atoms with E-state index in [0.717, 1.165) is 11.4 Å². The minimum absolute atomic E-state index is 0.641. The molecular formula is C8H10N2. The van der Waals surface area contributed by atoms with Crippen LogP contribution in [0.1, 0.15) is 11.4 Å². The average Bonchev–Trinajstić information content (AvgIpc) is 1.88. The number of hydrogen-bond donors (Lipinski definition) is 1. The van der Waals surface area contributed by atoms with E-state index < -0.39 is 0 Å². The van der Waals surface area contributed by atoms with E-state index in [0.29, 0.717) is 6.42 Å². The van der Waals surface area contributed by atoms with Crippen LogP contribution >= 0.6 is 0 Å². The Morgan fingerprint density at radius 2 is 2.40 bits per heavy atom. The number of rotatable bonds is 2. The van der Waals surface area contributed by atoms with Crippen LogP contribution < -0.4 is 0 Å². The molecule has 1 rings (SSSR count). The maximum atomic E-state index is 6.85. The Balaban J connectivity index is 2.84. The fourth-order valence-electron chi connectivity index (χ4n) is 0.818. The highest BCUT2D eigenvalue weighted by Gasteiger charge is 1.89. The molecule has 0 aliphatic heterocycles. The molecule has 1 heterocycles. The molecule has 1 N–H and O–H groups in total. The molecule has 2 nitrogen and oxygen atoms in total. The van der Waals surface area contributed by atoms with Crippen LogP contribution in [0.3, 0.4) is 0 Å². The van der Waals surface area contributed by atoms with Gasteiger partial charge in [-0.2, -0.15) is 0 Å². The van der Waals surface area contributed by atoms with Gasteiger partial charge in [-0.05, 0) is 19.1 Å². The number of aryl methyl sites for hydroxylation is 1. The van der Waals surface area contributed by atoms with E-state index in [1.807, 2.05) is 25.1 Å². The van der Waals surface area contributed by atoms with Gasteiger partial charge in [-0.3, -0.25) is 4.98 Å². The summed E-state index contributed by atoms with van der Waals surface area (Å²) < 4.78 is 0. The highest BCUT2D eigenvalue weighted by atomic mass is 14.7. The van der Waals surface area contributed by atoms with Crippen molar-refractivity contribution in [3.8, 4) is 0 Å². The molecule has 0 spiro atoms. The van der Waals surface area contributed by atoms with Crippen LogP contribution in [0.25, 0.3) is 0 Å². The Morgan fingerprint density at radius 1 is 1.60 bits per heavy atom. The van der Waals surface area contributed by atoms with Gasteiger partial charge >= 0.3 is 0 Å². The Labute approximate surface area is 60.4 Å². The summed E-state index contributed by atoms with van der Waals surface area (Å²) in [6, 6.07) is 5.84. The predicted molar refractivity (Wildman–Crippen MR) is 41.5 cm³/mol. The molecule has 0 aromatic carbocycles. The second kappa shape index (κ2) is 3.11. The van der Waals surface area contributed by atoms with Crippen molar-refractivity contribution in [3.05, 3.63) is 29.6 Å². The number of nitrogens with zero attached hydrogens (tertiary/aromatic N) is 1. The zero-order valence-corrected chi connectivity index (χ0v) is 5.96.